The van der Waals surface area contributed by atoms with E-state index in [1.165, 1.54) is 13.8 Å². The topological polar surface area (TPSA) is 150 Å². The lowest BCUT2D eigenvalue weighted by molar-refractivity contribution is -0.297. The minimum atomic E-state index is -1.43. The van der Waals surface area contributed by atoms with Gasteiger partial charge in [-0.3, -0.25) is 24.0 Å². The van der Waals surface area contributed by atoms with Gasteiger partial charge >= 0.3 is 23.9 Å². The summed E-state index contributed by atoms with van der Waals surface area (Å²) in [6.45, 7) is 10.8. The predicted molar refractivity (Wildman–Crippen MR) is 118 cm³/mol. The van der Waals surface area contributed by atoms with Crippen molar-refractivity contribution in [3.05, 3.63) is 11.8 Å². The van der Waals surface area contributed by atoms with Crippen molar-refractivity contribution in [3.8, 4) is 0 Å². The fourth-order valence-electron chi connectivity index (χ4n) is 2.96. The van der Waals surface area contributed by atoms with Crippen molar-refractivity contribution < 1.29 is 57.1 Å². The number of hydrogen-bond acceptors (Lipinski definition) is 12. The van der Waals surface area contributed by atoms with Crippen molar-refractivity contribution in [1.29, 1.82) is 0 Å². The molecule has 1 saturated heterocycles. The fourth-order valence-corrected chi connectivity index (χ4v) is 2.96. The van der Waals surface area contributed by atoms with Crippen LogP contribution in [0.4, 0.5) is 0 Å². The van der Waals surface area contributed by atoms with Crippen LogP contribution in [0.15, 0.2) is 11.8 Å². The van der Waals surface area contributed by atoms with Gasteiger partial charge < -0.3 is 33.2 Å². The van der Waals surface area contributed by atoms with E-state index in [4.69, 9.17) is 33.2 Å². The van der Waals surface area contributed by atoms with Gasteiger partial charge in [0.1, 0.15) is 12.7 Å². The van der Waals surface area contributed by atoms with E-state index in [0.29, 0.717) is 0 Å². The first kappa shape index (κ1) is 30.0. The Morgan fingerprint density at radius 1 is 0.771 bits per heavy atom. The van der Waals surface area contributed by atoms with Crippen LogP contribution in [0.1, 0.15) is 55.4 Å². The molecule has 1 fully saturated rings. The molecular formula is C23H34O12. The van der Waals surface area contributed by atoms with Crippen LogP contribution in [0.5, 0.6) is 0 Å². The third-order valence-electron chi connectivity index (χ3n) is 4.41. The largest absolute Gasteiger partial charge is 0.468 e. The Hall–Kier alpha value is -2.99. The van der Waals surface area contributed by atoms with Gasteiger partial charge in [0.2, 0.25) is 12.4 Å². The first-order chi connectivity index (χ1) is 16.1. The van der Waals surface area contributed by atoms with Crippen LogP contribution in [0, 0.1) is 0 Å². The SMILES string of the molecule is CC(=O)OC[C@H]1O[C@@H](O/C=C(\COC(C)(C)C)C(C)=O)[C@H](OC(C)=O)[C@@H](OC(C)=O)[C@@H]1OC(C)=O. The lowest BCUT2D eigenvalue weighted by Crippen LogP contribution is -2.62. The van der Waals surface area contributed by atoms with Gasteiger partial charge in [-0.15, -0.1) is 0 Å². The second-order valence-electron chi connectivity index (χ2n) is 8.80. The number of rotatable bonds is 10. The van der Waals surface area contributed by atoms with Crippen LogP contribution >= 0.6 is 0 Å². The van der Waals surface area contributed by atoms with Gasteiger partial charge in [0.05, 0.1) is 24.0 Å². The Bertz CT molecular complexity index is 825. The van der Waals surface area contributed by atoms with E-state index in [1.54, 1.807) is 0 Å². The Labute approximate surface area is 204 Å². The number of ether oxygens (including phenoxy) is 7. The number of carbonyl (C=O) groups excluding carboxylic acids is 5. The summed E-state index contributed by atoms with van der Waals surface area (Å²) in [4.78, 5) is 58.9. The highest BCUT2D eigenvalue weighted by atomic mass is 16.7. The van der Waals surface area contributed by atoms with E-state index < -0.39 is 66.8 Å². The van der Waals surface area contributed by atoms with Crippen molar-refractivity contribution in [2.24, 2.45) is 0 Å². The zero-order valence-corrected chi connectivity index (χ0v) is 21.3. The molecule has 35 heavy (non-hydrogen) atoms. The monoisotopic (exact) mass is 502 g/mol. The molecule has 0 saturated carbocycles. The Balaban J connectivity index is 3.39. The summed E-state index contributed by atoms with van der Waals surface area (Å²) in [5.74, 6) is -3.27. The standard InChI is InChI=1S/C23H34O12/c1-12(24)17(10-31-23(6,7)8)9-30-22-21(34-16(5)28)20(33-15(4)27)19(32-14(3)26)18(35-22)11-29-13(2)25/h9,18-22H,10-11H2,1-8H3/b17-9+/t18-,19-,20+,21-,22-/m1/s1. The molecule has 0 aromatic carbocycles. The normalized spacial score (nSPS) is 24.7. The van der Waals surface area contributed by atoms with Crippen molar-refractivity contribution in [1.82, 2.24) is 0 Å². The molecule has 1 aliphatic heterocycles. The van der Waals surface area contributed by atoms with E-state index in [9.17, 15) is 24.0 Å². The number of esters is 4. The van der Waals surface area contributed by atoms with Gasteiger partial charge in [-0.25, -0.2) is 0 Å². The highest BCUT2D eigenvalue weighted by Gasteiger charge is 2.53. The van der Waals surface area contributed by atoms with Gasteiger partial charge in [-0.05, 0) is 27.7 Å². The Morgan fingerprint density at radius 3 is 1.74 bits per heavy atom. The average Bonchev–Trinajstić information content (AvgIpc) is 2.68. The van der Waals surface area contributed by atoms with Crippen LogP contribution in [0.25, 0.3) is 0 Å². The van der Waals surface area contributed by atoms with Crippen molar-refractivity contribution >= 4 is 29.7 Å². The van der Waals surface area contributed by atoms with Crippen molar-refractivity contribution in [3.63, 3.8) is 0 Å². The highest BCUT2D eigenvalue weighted by molar-refractivity contribution is 5.93. The molecule has 0 aromatic heterocycles. The molecule has 198 valence electrons. The Kier molecular flexibility index (Phi) is 11.3. The quantitative estimate of drug-likeness (QED) is 0.184. The van der Waals surface area contributed by atoms with Gasteiger partial charge in [-0.2, -0.15) is 0 Å². The molecule has 0 spiro atoms. The second kappa shape index (κ2) is 13.2. The molecule has 0 bridgehead atoms. The first-order valence-electron chi connectivity index (χ1n) is 10.9. The molecule has 1 rings (SSSR count). The van der Waals surface area contributed by atoms with E-state index in [0.717, 1.165) is 27.0 Å². The lowest BCUT2D eigenvalue weighted by Gasteiger charge is -2.43. The van der Waals surface area contributed by atoms with Crippen LogP contribution in [0.3, 0.4) is 0 Å². The van der Waals surface area contributed by atoms with E-state index in [-0.39, 0.29) is 18.0 Å². The molecule has 0 amide bonds. The molecular weight excluding hydrogens is 468 g/mol. The van der Waals surface area contributed by atoms with Crippen molar-refractivity contribution in [2.75, 3.05) is 13.2 Å². The molecule has 0 unspecified atom stereocenters. The highest BCUT2D eigenvalue weighted by Crippen LogP contribution is 2.30. The van der Waals surface area contributed by atoms with E-state index in [2.05, 4.69) is 0 Å². The number of Topliss-reactive ketones (excluding diaryl/α,β-unsaturated/α-hetero) is 1. The van der Waals surface area contributed by atoms with Crippen LogP contribution in [-0.2, 0) is 57.1 Å². The number of carbonyl (C=O) groups is 5. The summed E-state index contributed by atoms with van der Waals surface area (Å²) in [6.07, 6.45) is -5.58. The minimum Gasteiger partial charge on any atom is -0.468 e. The fraction of sp³-hybridized carbons (Fsp3) is 0.696. The number of hydrogen-bond donors (Lipinski definition) is 0. The molecule has 0 aromatic rings. The zero-order chi connectivity index (χ0) is 26.9. The molecule has 1 aliphatic rings. The molecule has 1 heterocycles. The molecule has 12 heteroatoms. The molecule has 0 N–H and O–H groups in total. The minimum absolute atomic E-state index is 0.0793. The number of ketones is 1. The predicted octanol–water partition coefficient (Wildman–Crippen LogP) is 1.37. The van der Waals surface area contributed by atoms with Crippen molar-refractivity contribution in [2.45, 2.75) is 91.7 Å². The summed E-state index contributed by atoms with van der Waals surface area (Å²) < 4.78 is 38.0. The summed E-state index contributed by atoms with van der Waals surface area (Å²) in [6, 6.07) is 0. The van der Waals surface area contributed by atoms with E-state index in [1.807, 2.05) is 20.8 Å². The van der Waals surface area contributed by atoms with Gasteiger partial charge in [0, 0.05) is 27.7 Å². The van der Waals surface area contributed by atoms with E-state index >= 15 is 0 Å². The van der Waals surface area contributed by atoms with Crippen LogP contribution < -0.4 is 0 Å². The zero-order valence-electron chi connectivity index (χ0n) is 21.3. The maximum atomic E-state index is 12.1. The summed E-state index contributed by atoms with van der Waals surface area (Å²) >= 11 is 0. The smallest absolute Gasteiger partial charge is 0.303 e. The third-order valence-corrected chi connectivity index (χ3v) is 4.41. The molecule has 0 aliphatic carbocycles. The maximum Gasteiger partial charge on any atom is 0.303 e. The molecule has 0 radical (unpaired) electrons. The maximum absolute atomic E-state index is 12.1. The summed E-state index contributed by atoms with van der Waals surface area (Å²) in [5, 5.41) is 0. The Morgan fingerprint density at radius 2 is 1.29 bits per heavy atom. The molecule has 12 nitrogen and oxygen atoms in total. The van der Waals surface area contributed by atoms with Crippen LogP contribution in [-0.4, -0.2) is 79.2 Å². The van der Waals surface area contributed by atoms with Gasteiger partial charge in [0.15, 0.2) is 18.0 Å². The second-order valence-corrected chi connectivity index (χ2v) is 8.80. The van der Waals surface area contributed by atoms with Crippen LogP contribution in [0.2, 0.25) is 0 Å². The lowest BCUT2D eigenvalue weighted by atomic mass is 9.98. The molecule has 5 atom stereocenters. The van der Waals surface area contributed by atoms with Gasteiger partial charge in [-0.1, -0.05) is 0 Å². The van der Waals surface area contributed by atoms with Gasteiger partial charge in [0.25, 0.3) is 0 Å². The average molecular weight is 503 g/mol. The first-order valence-corrected chi connectivity index (χ1v) is 10.9. The summed E-state index contributed by atoms with van der Waals surface area (Å²) in [5.41, 5.74) is -0.393. The third kappa shape index (κ3) is 10.9. The summed E-state index contributed by atoms with van der Waals surface area (Å²) in [7, 11) is 0.